The number of carboxylic acid groups (broad SMARTS) is 1. The lowest BCUT2D eigenvalue weighted by molar-refractivity contribution is 0.0696. The van der Waals surface area contributed by atoms with Crippen LogP contribution in [-0.2, 0) is 9.84 Å². The molecule has 0 radical (unpaired) electrons. The van der Waals surface area contributed by atoms with Gasteiger partial charge in [0, 0.05) is 0 Å². The second-order valence-corrected chi connectivity index (χ2v) is 6.47. The molecule has 0 amide bonds. The zero-order valence-electron chi connectivity index (χ0n) is 11.5. The summed E-state index contributed by atoms with van der Waals surface area (Å²) in [4.78, 5) is 10.8. The molecule has 0 aliphatic carbocycles. The molecule has 0 aliphatic rings. The number of benzene rings is 1. The van der Waals surface area contributed by atoms with E-state index < -0.39 is 15.8 Å². The highest BCUT2D eigenvalue weighted by atomic mass is 32.2. The van der Waals surface area contributed by atoms with Crippen LogP contribution in [0.15, 0.2) is 18.2 Å². The van der Waals surface area contributed by atoms with Gasteiger partial charge in [0.15, 0.2) is 21.3 Å². The van der Waals surface area contributed by atoms with Crippen LogP contribution in [0.4, 0.5) is 0 Å². The normalized spacial score (nSPS) is 11.1. The van der Waals surface area contributed by atoms with Crippen LogP contribution in [0.25, 0.3) is 0 Å². The van der Waals surface area contributed by atoms with Crippen LogP contribution in [-0.4, -0.2) is 44.7 Å². The van der Waals surface area contributed by atoms with Crippen molar-refractivity contribution in [2.24, 2.45) is 0 Å². The lowest BCUT2D eigenvalue weighted by Crippen LogP contribution is -2.17. The number of methoxy groups -OCH3 is 1. The van der Waals surface area contributed by atoms with Crippen LogP contribution < -0.4 is 9.47 Å². The molecule has 0 unspecified atom stereocenters. The molecule has 0 heterocycles. The van der Waals surface area contributed by atoms with Crippen molar-refractivity contribution in [3.8, 4) is 11.5 Å². The first-order valence-corrected chi connectivity index (χ1v) is 7.96. The van der Waals surface area contributed by atoms with Crippen molar-refractivity contribution in [2.45, 2.75) is 13.3 Å². The molecule has 7 heteroatoms. The van der Waals surface area contributed by atoms with Crippen molar-refractivity contribution in [3.63, 3.8) is 0 Å². The number of rotatable bonds is 8. The molecule has 0 saturated heterocycles. The highest BCUT2D eigenvalue weighted by molar-refractivity contribution is 7.91. The second-order valence-electron chi connectivity index (χ2n) is 4.17. The Morgan fingerprint density at radius 2 is 1.95 bits per heavy atom. The summed E-state index contributed by atoms with van der Waals surface area (Å²) in [7, 11) is -1.71. The van der Waals surface area contributed by atoms with Gasteiger partial charge in [-0.2, -0.15) is 0 Å². The monoisotopic (exact) mass is 302 g/mol. The van der Waals surface area contributed by atoms with E-state index in [1.54, 1.807) is 6.92 Å². The average molecular weight is 302 g/mol. The largest absolute Gasteiger partial charge is 0.493 e. The van der Waals surface area contributed by atoms with Crippen LogP contribution in [0, 0.1) is 0 Å². The van der Waals surface area contributed by atoms with Crippen LogP contribution >= 0.6 is 0 Å². The first kappa shape index (κ1) is 16.3. The van der Waals surface area contributed by atoms with E-state index in [4.69, 9.17) is 14.6 Å². The van der Waals surface area contributed by atoms with E-state index in [2.05, 4.69) is 0 Å². The van der Waals surface area contributed by atoms with Gasteiger partial charge in [-0.25, -0.2) is 13.2 Å². The Balaban J connectivity index is 2.71. The number of sulfone groups is 1. The first-order valence-electron chi connectivity index (χ1n) is 6.14. The summed E-state index contributed by atoms with van der Waals surface area (Å²) in [6, 6.07) is 4.16. The van der Waals surface area contributed by atoms with E-state index >= 15 is 0 Å². The zero-order valence-corrected chi connectivity index (χ0v) is 12.3. The maximum absolute atomic E-state index is 11.5. The van der Waals surface area contributed by atoms with Gasteiger partial charge in [0.2, 0.25) is 0 Å². The van der Waals surface area contributed by atoms with Gasteiger partial charge in [0.05, 0.1) is 24.2 Å². The molecule has 1 N–H and O–H groups in total. The van der Waals surface area contributed by atoms with Gasteiger partial charge in [-0.15, -0.1) is 0 Å². The predicted molar refractivity (Wildman–Crippen MR) is 74.4 cm³/mol. The third-order valence-electron chi connectivity index (χ3n) is 2.58. The van der Waals surface area contributed by atoms with Gasteiger partial charge in [-0.3, -0.25) is 0 Å². The number of hydrogen-bond donors (Lipinski definition) is 1. The second kappa shape index (κ2) is 7.14. The molecule has 0 bridgehead atoms. The maximum Gasteiger partial charge on any atom is 0.335 e. The van der Waals surface area contributed by atoms with E-state index in [0.717, 1.165) is 0 Å². The summed E-state index contributed by atoms with van der Waals surface area (Å²) >= 11 is 0. The fourth-order valence-electron chi connectivity index (χ4n) is 1.61. The highest BCUT2D eigenvalue weighted by Crippen LogP contribution is 2.28. The molecule has 0 aliphatic heterocycles. The van der Waals surface area contributed by atoms with Crippen LogP contribution in [0.1, 0.15) is 23.7 Å². The quantitative estimate of drug-likeness (QED) is 0.784. The number of ether oxygens (including phenoxy) is 2. The fraction of sp³-hybridized carbons (Fsp3) is 0.462. The Hall–Kier alpha value is -1.76. The Bertz CT molecular complexity index is 564. The van der Waals surface area contributed by atoms with Crippen molar-refractivity contribution in [1.82, 2.24) is 0 Å². The molecule has 0 atom stereocenters. The molecule has 6 nitrogen and oxygen atoms in total. The predicted octanol–water partition coefficient (Wildman–Crippen LogP) is 1.60. The summed E-state index contributed by atoms with van der Waals surface area (Å²) in [5, 5.41) is 8.86. The van der Waals surface area contributed by atoms with Gasteiger partial charge in [0.25, 0.3) is 0 Å². The molecular formula is C13H18O6S. The van der Waals surface area contributed by atoms with Gasteiger partial charge in [-0.1, -0.05) is 6.92 Å². The van der Waals surface area contributed by atoms with E-state index in [9.17, 15) is 13.2 Å². The Kier molecular flexibility index (Phi) is 5.82. The maximum atomic E-state index is 11.5. The molecule has 0 spiro atoms. The minimum atomic E-state index is -3.10. The van der Waals surface area contributed by atoms with Crippen molar-refractivity contribution in [2.75, 3.05) is 25.2 Å². The number of hydrogen-bond acceptors (Lipinski definition) is 5. The SMILES string of the molecule is CCCS(=O)(=O)CCOc1ccc(C(=O)O)cc1OC. The third kappa shape index (κ3) is 4.73. The molecule has 20 heavy (non-hydrogen) atoms. The third-order valence-corrected chi connectivity index (χ3v) is 4.40. The summed E-state index contributed by atoms with van der Waals surface area (Å²) in [6.07, 6.45) is 0.568. The van der Waals surface area contributed by atoms with E-state index in [1.807, 2.05) is 0 Å². The van der Waals surface area contributed by atoms with Gasteiger partial charge in [0.1, 0.15) is 6.61 Å². The summed E-state index contributed by atoms with van der Waals surface area (Å²) in [5.41, 5.74) is 0.0767. The zero-order chi connectivity index (χ0) is 15.2. The Morgan fingerprint density at radius 1 is 1.25 bits per heavy atom. The molecule has 1 rings (SSSR count). The lowest BCUT2D eigenvalue weighted by atomic mass is 10.2. The Labute approximate surface area is 118 Å². The Morgan fingerprint density at radius 3 is 2.50 bits per heavy atom. The van der Waals surface area contributed by atoms with Crippen molar-refractivity contribution in [3.05, 3.63) is 23.8 Å². The van der Waals surface area contributed by atoms with Crippen molar-refractivity contribution >= 4 is 15.8 Å². The van der Waals surface area contributed by atoms with Gasteiger partial charge < -0.3 is 14.6 Å². The summed E-state index contributed by atoms with van der Waals surface area (Å²) in [6.45, 7) is 1.80. The van der Waals surface area contributed by atoms with Crippen molar-refractivity contribution < 1.29 is 27.8 Å². The highest BCUT2D eigenvalue weighted by Gasteiger charge is 2.12. The van der Waals surface area contributed by atoms with E-state index in [1.165, 1.54) is 25.3 Å². The van der Waals surface area contributed by atoms with Crippen molar-refractivity contribution in [1.29, 1.82) is 0 Å². The fourth-order valence-corrected chi connectivity index (χ4v) is 2.77. The minimum absolute atomic E-state index is 0.00507. The molecule has 112 valence electrons. The van der Waals surface area contributed by atoms with E-state index in [0.29, 0.717) is 12.2 Å². The molecule has 0 fully saturated rings. The number of aromatic carboxylic acids is 1. The smallest absolute Gasteiger partial charge is 0.335 e. The van der Waals surface area contributed by atoms with E-state index in [-0.39, 0.29) is 29.4 Å². The summed E-state index contributed by atoms with van der Waals surface area (Å²) < 4.78 is 33.4. The molecular weight excluding hydrogens is 284 g/mol. The summed E-state index contributed by atoms with van der Waals surface area (Å²) in [5.74, 6) is -0.432. The van der Waals surface area contributed by atoms with Crippen LogP contribution in [0.2, 0.25) is 0 Å². The standard InChI is InChI=1S/C13H18O6S/c1-3-7-20(16,17)8-6-19-11-5-4-10(13(14)15)9-12(11)18-2/h4-5,9H,3,6-8H2,1-2H3,(H,14,15). The first-order chi connectivity index (χ1) is 9.39. The molecule has 1 aromatic rings. The van der Waals surface area contributed by atoms with Crippen LogP contribution in [0.3, 0.4) is 0 Å². The van der Waals surface area contributed by atoms with Gasteiger partial charge in [-0.05, 0) is 24.6 Å². The number of carbonyl (C=O) groups is 1. The van der Waals surface area contributed by atoms with Crippen LogP contribution in [0.5, 0.6) is 11.5 Å². The number of carboxylic acids is 1. The minimum Gasteiger partial charge on any atom is -0.493 e. The lowest BCUT2D eigenvalue weighted by Gasteiger charge is -2.11. The molecule has 0 saturated carbocycles. The molecule has 0 aromatic heterocycles. The van der Waals surface area contributed by atoms with Gasteiger partial charge >= 0.3 is 5.97 Å². The topological polar surface area (TPSA) is 89.9 Å². The average Bonchev–Trinajstić information content (AvgIpc) is 2.38. The molecule has 1 aromatic carbocycles.